The van der Waals surface area contributed by atoms with Gasteiger partial charge in [0, 0.05) is 62.4 Å². The molecule has 27 heavy (non-hydrogen) atoms. The maximum atomic E-state index is 4.60. The first-order chi connectivity index (χ1) is 13.3. The lowest BCUT2D eigenvalue weighted by Crippen LogP contribution is -2.47. The minimum atomic E-state index is 0.939. The van der Waals surface area contributed by atoms with E-state index in [0.717, 1.165) is 48.6 Å². The van der Waals surface area contributed by atoms with Crippen LogP contribution in [-0.2, 0) is 7.05 Å². The molecule has 0 atom stereocenters. The van der Waals surface area contributed by atoms with Crippen LogP contribution in [-0.4, -0.2) is 50.6 Å². The first kappa shape index (κ1) is 15.9. The summed E-state index contributed by atoms with van der Waals surface area (Å²) in [6, 6.07) is 12.7. The molecule has 7 nitrogen and oxygen atoms in total. The van der Waals surface area contributed by atoms with Crippen LogP contribution < -0.4 is 9.80 Å². The van der Waals surface area contributed by atoms with Gasteiger partial charge in [0.1, 0.15) is 11.8 Å². The number of piperazine rings is 1. The van der Waals surface area contributed by atoms with Crippen molar-refractivity contribution in [3.05, 3.63) is 61.3 Å². The Balaban J connectivity index is 1.41. The Kier molecular flexibility index (Phi) is 3.78. The van der Waals surface area contributed by atoms with Crippen molar-refractivity contribution >= 4 is 17.0 Å². The van der Waals surface area contributed by atoms with Gasteiger partial charge >= 0.3 is 0 Å². The van der Waals surface area contributed by atoms with Crippen molar-refractivity contribution < 1.29 is 0 Å². The smallest absolute Gasteiger partial charge is 0.156 e. The summed E-state index contributed by atoms with van der Waals surface area (Å²) in [5.74, 6) is 0.993. The molecule has 1 aromatic carbocycles. The molecule has 3 aromatic heterocycles. The van der Waals surface area contributed by atoms with Crippen LogP contribution in [0.15, 0.2) is 61.3 Å². The average molecular weight is 359 g/mol. The van der Waals surface area contributed by atoms with E-state index in [1.54, 1.807) is 6.33 Å². The zero-order chi connectivity index (χ0) is 18.2. The van der Waals surface area contributed by atoms with E-state index in [4.69, 9.17) is 0 Å². The van der Waals surface area contributed by atoms with Gasteiger partial charge in [-0.1, -0.05) is 18.2 Å². The number of rotatable bonds is 3. The molecule has 0 saturated carbocycles. The molecule has 0 radical (unpaired) electrons. The van der Waals surface area contributed by atoms with Crippen molar-refractivity contribution in [2.75, 3.05) is 36.0 Å². The van der Waals surface area contributed by atoms with Gasteiger partial charge in [-0.25, -0.2) is 9.50 Å². The number of aryl methyl sites for hydroxylation is 1. The van der Waals surface area contributed by atoms with E-state index in [1.807, 2.05) is 34.8 Å². The molecule has 5 rings (SSSR count). The molecule has 0 bridgehead atoms. The number of benzene rings is 1. The molecule has 1 aliphatic rings. The highest BCUT2D eigenvalue weighted by atomic mass is 15.3. The van der Waals surface area contributed by atoms with Crippen molar-refractivity contribution in [3.63, 3.8) is 0 Å². The number of para-hydroxylation sites is 1. The summed E-state index contributed by atoms with van der Waals surface area (Å²) in [6.07, 6.45) is 7.57. The second-order valence-corrected chi connectivity index (χ2v) is 6.85. The van der Waals surface area contributed by atoms with Gasteiger partial charge in [-0.2, -0.15) is 10.2 Å². The van der Waals surface area contributed by atoms with Gasteiger partial charge in [0.2, 0.25) is 0 Å². The highest BCUT2D eigenvalue weighted by Gasteiger charge is 2.21. The molecule has 0 spiro atoms. The van der Waals surface area contributed by atoms with Crippen LogP contribution in [0.4, 0.5) is 11.5 Å². The van der Waals surface area contributed by atoms with Gasteiger partial charge in [-0.05, 0) is 18.2 Å². The summed E-state index contributed by atoms with van der Waals surface area (Å²) < 4.78 is 3.72. The Morgan fingerprint density at radius 2 is 1.63 bits per heavy atom. The predicted octanol–water partition coefficient (Wildman–Crippen LogP) is 2.46. The maximum absolute atomic E-state index is 4.60. The fourth-order valence-corrected chi connectivity index (χ4v) is 3.70. The van der Waals surface area contributed by atoms with E-state index in [-0.39, 0.29) is 0 Å². The molecule has 0 unspecified atom stereocenters. The molecule has 0 amide bonds. The third kappa shape index (κ3) is 2.91. The molecule has 0 N–H and O–H groups in total. The number of hydrogen-bond donors (Lipinski definition) is 0. The topological polar surface area (TPSA) is 54.5 Å². The Morgan fingerprint density at radius 1 is 0.852 bits per heavy atom. The Hall–Kier alpha value is -3.35. The molecule has 136 valence electrons. The van der Waals surface area contributed by atoms with Gasteiger partial charge in [-0.3, -0.25) is 4.68 Å². The Morgan fingerprint density at radius 3 is 2.37 bits per heavy atom. The first-order valence-electron chi connectivity index (χ1n) is 9.15. The normalized spacial score (nSPS) is 14.9. The molecule has 1 saturated heterocycles. The summed E-state index contributed by atoms with van der Waals surface area (Å²) in [5.41, 5.74) is 4.51. The van der Waals surface area contributed by atoms with Gasteiger partial charge < -0.3 is 9.80 Å². The zero-order valence-corrected chi connectivity index (χ0v) is 15.2. The number of fused-ring (bicyclic) bond motifs is 1. The van der Waals surface area contributed by atoms with Crippen LogP contribution in [0, 0.1) is 0 Å². The second kappa shape index (κ2) is 6.42. The van der Waals surface area contributed by atoms with Gasteiger partial charge in [-0.15, -0.1) is 0 Å². The number of nitrogens with zero attached hydrogens (tertiary/aromatic N) is 7. The van der Waals surface area contributed by atoms with Gasteiger partial charge in [0.05, 0.1) is 6.20 Å². The lowest BCUT2D eigenvalue weighted by molar-refractivity contribution is 0.646. The Bertz CT molecular complexity index is 1060. The number of aromatic nitrogens is 5. The summed E-state index contributed by atoms with van der Waals surface area (Å²) in [5, 5.41) is 8.66. The van der Waals surface area contributed by atoms with Gasteiger partial charge in [0.25, 0.3) is 0 Å². The fourth-order valence-electron chi connectivity index (χ4n) is 3.70. The summed E-state index contributed by atoms with van der Waals surface area (Å²) in [6.45, 7) is 3.84. The van der Waals surface area contributed by atoms with Crippen LogP contribution in [0.25, 0.3) is 16.6 Å². The quantitative estimate of drug-likeness (QED) is 0.562. The van der Waals surface area contributed by atoms with Crippen LogP contribution in [0.3, 0.4) is 0 Å². The molecular weight excluding hydrogens is 338 g/mol. The molecule has 0 aliphatic carbocycles. The van der Waals surface area contributed by atoms with E-state index >= 15 is 0 Å². The maximum Gasteiger partial charge on any atom is 0.156 e. The van der Waals surface area contributed by atoms with E-state index < -0.39 is 0 Å². The molecule has 1 fully saturated rings. The minimum absolute atomic E-state index is 0.939. The largest absolute Gasteiger partial charge is 0.368 e. The van der Waals surface area contributed by atoms with Crippen molar-refractivity contribution in [1.29, 1.82) is 0 Å². The lowest BCUT2D eigenvalue weighted by atomic mass is 10.2. The van der Waals surface area contributed by atoms with Crippen LogP contribution in [0.5, 0.6) is 0 Å². The van der Waals surface area contributed by atoms with E-state index in [2.05, 4.69) is 61.4 Å². The molecule has 4 aromatic rings. The summed E-state index contributed by atoms with van der Waals surface area (Å²) in [7, 11) is 1.93. The van der Waals surface area contributed by atoms with Crippen LogP contribution in [0.1, 0.15) is 0 Å². The molecule has 7 heteroatoms. The Labute approximate surface area is 157 Å². The van der Waals surface area contributed by atoms with Crippen molar-refractivity contribution in [2.24, 2.45) is 7.05 Å². The predicted molar refractivity (Wildman–Crippen MR) is 106 cm³/mol. The van der Waals surface area contributed by atoms with Crippen molar-refractivity contribution in [3.8, 4) is 11.1 Å². The SMILES string of the molecule is Cn1cc(-c2cc3c(N4CCN(c5ccccc5)CC4)ncnn3c2)cn1. The second-order valence-electron chi connectivity index (χ2n) is 6.85. The number of anilines is 2. The standard InChI is InChI=1S/C20H21N7/c1-24-13-17(12-22-24)16-11-19-20(21-15-23-27(19)14-16)26-9-7-25(8-10-26)18-5-3-2-4-6-18/h2-6,11-15H,7-10H2,1H3. The number of hydrogen-bond acceptors (Lipinski definition) is 5. The molecule has 4 heterocycles. The van der Waals surface area contributed by atoms with Crippen LogP contribution >= 0.6 is 0 Å². The van der Waals surface area contributed by atoms with Gasteiger partial charge in [0.15, 0.2) is 5.82 Å². The van der Waals surface area contributed by atoms with Crippen molar-refractivity contribution in [2.45, 2.75) is 0 Å². The monoisotopic (exact) mass is 359 g/mol. The van der Waals surface area contributed by atoms with Crippen molar-refractivity contribution in [1.82, 2.24) is 24.4 Å². The summed E-state index contributed by atoms with van der Waals surface area (Å²) in [4.78, 5) is 9.37. The third-order valence-corrected chi connectivity index (χ3v) is 5.12. The first-order valence-corrected chi connectivity index (χ1v) is 9.15. The highest BCUT2D eigenvalue weighted by molar-refractivity contribution is 5.77. The van der Waals surface area contributed by atoms with Crippen LogP contribution in [0.2, 0.25) is 0 Å². The zero-order valence-electron chi connectivity index (χ0n) is 15.2. The lowest BCUT2D eigenvalue weighted by Gasteiger charge is -2.36. The summed E-state index contributed by atoms with van der Waals surface area (Å²) >= 11 is 0. The molecule has 1 aliphatic heterocycles. The fraction of sp³-hybridized carbons (Fsp3) is 0.250. The minimum Gasteiger partial charge on any atom is -0.368 e. The molecular formula is C20H21N7. The van der Waals surface area contributed by atoms with E-state index in [9.17, 15) is 0 Å². The highest BCUT2D eigenvalue weighted by Crippen LogP contribution is 2.27. The van der Waals surface area contributed by atoms with E-state index in [0.29, 0.717) is 0 Å². The van der Waals surface area contributed by atoms with E-state index in [1.165, 1.54) is 5.69 Å². The average Bonchev–Trinajstić information content (AvgIpc) is 3.34. The third-order valence-electron chi connectivity index (χ3n) is 5.12.